The van der Waals surface area contributed by atoms with Crippen LogP contribution in [-0.4, -0.2) is 4.98 Å². The molecule has 0 aliphatic heterocycles. The van der Waals surface area contributed by atoms with Crippen molar-refractivity contribution >= 4 is 10.9 Å². The van der Waals surface area contributed by atoms with Gasteiger partial charge in [-0.05, 0) is 37.5 Å². The number of fused-ring (bicyclic) bond motifs is 1. The summed E-state index contributed by atoms with van der Waals surface area (Å²) in [6.07, 6.45) is 2.38. The number of para-hydroxylation sites is 1. The number of hydrogen-bond acceptors (Lipinski definition) is 2. The van der Waals surface area contributed by atoms with Crippen LogP contribution in [0.5, 0.6) is 0 Å². The van der Waals surface area contributed by atoms with Crippen molar-refractivity contribution in [2.24, 2.45) is 0 Å². The molecule has 1 aromatic heterocycles. The number of nitriles is 1. The molecule has 0 amide bonds. The van der Waals surface area contributed by atoms with Crippen molar-refractivity contribution in [3.05, 3.63) is 41.6 Å². The van der Waals surface area contributed by atoms with E-state index in [0.717, 1.165) is 24.1 Å². The molecule has 2 heteroatoms. The average Bonchev–Trinajstić information content (AvgIpc) is 2.30. The second kappa shape index (κ2) is 4.76. The third kappa shape index (κ3) is 2.20. The van der Waals surface area contributed by atoms with Gasteiger partial charge in [0, 0.05) is 17.5 Å². The predicted octanol–water partition coefficient (Wildman–Crippen LogP) is 3.39. The zero-order valence-electron chi connectivity index (χ0n) is 9.40. The Labute approximate surface area is 95.6 Å². The second-order valence-electron chi connectivity index (χ2n) is 3.96. The first kappa shape index (κ1) is 10.6. The molecule has 0 saturated heterocycles. The minimum Gasteiger partial charge on any atom is -0.253 e. The number of aromatic nitrogens is 1. The summed E-state index contributed by atoms with van der Waals surface area (Å²) < 4.78 is 0. The van der Waals surface area contributed by atoms with E-state index in [1.165, 1.54) is 10.9 Å². The molecule has 0 spiro atoms. The molecule has 2 aromatic rings. The lowest BCUT2D eigenvalue weighted by Crippen LogP contribution is -1.93. The maximum atomic E-state index is 8.50. The summed E-state index contributed by atoms with van der Waals surface area (Å²) in [5.74, 6) is 0. The number of pyridine rings is 1. The summed E-state index contributed by atoms with van der Waals surface area (Å²) >= 11 is 0. The number of rotatable bonds is 3. The number of aryl methyl sites for hydroxylation is 2. The van der Waals surface area contributed by atoms with E-state index in [1.54, 1.807) is 0 Å². The largest absolute Gasteiger partial charge is 0.253 e. The van der Waals surface area contributed by atoms with E-state index in [-0.39, 0.29) is 0 Å². The van der Waals surface area contributed by atoms with Crippen LogP contribution in [0.4, 0.5) is 0 Å². The van der Waals surface area contributed by atoms with Gasteiger partial charge >= 0.3 is 0 Å². The highest BCUT2D eigenvalue weighted by Gasteiger charge is 2.01. The summed E-state index contributed by atoms with van der Waals surface area (Å²) in [5, 5.41) is 9.71. The van der Waals surface area contributed by atoms with Gasteiger partial charge in [-0.15, -0.1) is 0 Å². The molecule has 0 saturated carbocycles. The number of benzene rings is 1. The topological polar surface area (TPSA) is 36.7 Å². The molecule has 0 bridgehead atoms. The molecule has 2 nitrogen and oxygen atoms in total. The zero-order chi connectivity index (χ0) is 11.4. The lowest BCUT2D eigenvalue weighted by Gasteiger charge is -2.05. The van der Waals surface area contributed by atoms with Gasteiger partial charge in [0.25, 0.3) is 0 Å². The van der Waals surface area contributed by atoms with Gasteiger partial charge in [0.15, 0.2) is 0 Å². The van der Waals surface area contributed by atoms with Crippen LogP contribution in [0.3, 0.4) is 0 Å². The first-order valence-electron chi connectivity index (χ1n) is 5.53. The number of nitrogens with zero attached hydrogens (tertiary/aromatic N) is 2. The number of hydrogen-bond donors (Lipinski definition) is 0. The van der Waals surface area contributed by atoms with Gasteiger partial charge in [-0.25, -0.2) is 0 Å². The molecule has 2 rings (SSSR count). The fraction of sp³-hybridized carbons (Fsp3) is 0.286. The van der Waals surface area contributed by atoms with Gasteiger partial charge in [0.1, 0.15) is 0 Å². The smallest absolute Gasteiger partial charge is 0.0707 e. The molecule has 0 N–H and O–H groups in total. The molecule has 0 aliphatic carbocycles. The summed E-state index contributed by atoms with van der Waals surface area (Å²) in [5.41, 5.74) is 3.40. The van der Waals surface area contributed by atoms with Crippen LogP contribution in [-0.2, 0) is 6.42 Å². The fourth-order valence-corrected chi connectivity index (χ4v) is 1.90. The molecule has 0 aliphatic rings. The van der Waals surface area contributed by atoms with Crippen molar-refractivity contribution in [1.82, 2.24) is 4.98 Å². The molecular formula is C14H14N2. The highest BCUT2D eigenvalue weighted by molar-refractivity contribution is 5.81. The van der Waals surface area contributed by atoms with Crippen LogP contribution in [0.2, 0.25) is 0 Å². The van der Waals surface area contributed by atoms with Crippen LogP contribution >= 0.6 is 0 Å². The standard InChI is InChI=1S/C14H14N2/c1-11-10-12(6-4-5-9-15)16-14-8-3-2-7-13(11)14/h2-3,7-8,10H,4-6H2,1H3. The third-order valence-electron chi connectivity index (χ3n) is 2.70. The van der Waals surface area contributed by atoms with Gasteiger partial charge in [-0.3, -0.25) is 4.98 Å². The lowest BCUT2D eigenvalue weighted by atomic mass is 10.1. The summed E-state index contributed by atoms with van der Waals surface area (Å²) in [6, 6.07) is 12.5. The highest BCUT2D eigenvalue weighted by atomic mass is 14.7. The molecule has 0 fully saturated rings. The Balaban J connectivity index is 2.31. The van der Waals surface area contributed by atoms with Gasteiger partial charge in [0.05, 0.1) is 11.6 Å². The Morgan fingerprint density at radius 1 is 1.31 bits per heavy atom. The van der Waals surface area contributed by atoms with Gasteiger partial charge in [-0.1, -0.05) is 18.2 Å². The first-order chi connectivity index (χ1) is 7.81. The van der Waals surface area contributed by atoms with E-state index in [9.17, 15) is 0 Å². The van der Waals surface area contributed by atoms with Gasteiger partial charge in [0.2, 0.25) is 0 Å². The average molecular weight is 210 g/mol. The third-order valence-corrected chi connectivity index (χ3v) is 2.70. The first-order valence-corrected chi connectivity index (χ1v) is 5.53. The Morgan fingerprint density at radius 3 is 2.94 bits per heavy atom. The Hall–Kier alpha value is -1.88. The zero-order valence-corrected chi connectivity index (χ0v) is 9.40. The van der Waals surface area contributed by atoms with E-state index in [4.69, 9.17) is 5.26 Å². The molecule has 16 heavy (non-hydrogen) atoms. The van der Waals surface area contributed by atoms with Crippen LogP contribution < -0.4 is 0 Å². The van der Waals surface area contributed by atoms with Crippen molar-refractivity contribution in [3.63, 3.8) is 0 Å². The van der Waals surface area contributed by atoms with E-state index < -0.39 is 0 Å². The van der Waals surface area contributed by atoms with Crippen molar-refractivity contribution < 1.29 is 0 Å². The predicted molar refractivity (Wildman–Crippen MR) is 65.0 cm³/mol. The Bertz CT molecular complexity index is 538. The van der Waals surface area contributed by atoms with Crippen LogP contribution in [0.25, 0.3) is 10.9 Å². The Morgan fingerprint density at radius 2 is 2.12 bits per heavy atom. The number of unbranched alkanes of at least 4 members (excludes halogenated alkanes) is 1. The molecule has 0 radical (unpaired) electrons. The minimum absolute atomic E-state index is 0.605. The van der Waals surface area contributed by atoms with Crippen molar-refractivity contribution in [2.75, 3.05) is 0 Å². The molecule has 0 atom stereocenters. The molecular weight excluding hydrogens is 196 g/mol. The van der Waals surface area contributed by atoms with Crippen LogP contribution in [0.15, 0.2) is 30.3 Å². The highest BCUT2D eigenvalue weighted by Crippen LogP contribution is 2.18. The minimum atomic E-state index is 0.605. The van der Waals surface area contributed by atoms with Gasteiger partial charge in [-0.2, -0.15) is 5.26 Å². The molecule has 1 heterocycles. The molecule has 0 unspecified atom stereocenters. The summed E-state index contributed by atoms with van der Waals surface area (Å²) in [4.78, 5) is 4.60. The Kier molecular flexibility index (Phi) is 3.16. The van der Waals surface area contributed by atoms with Crippen molar-refractivity contribution in [3.8, 4) is 6.07 Å². The maximum absolute atomic E-state index is 8.50. The van der Waals surface area contributed by atoms with E-state index in [2.05, 4.69) is 30.1 Å². The maximum Gasteiger partial charge on any atom is 0.0707 e. The second-order valence-corrected chi connectivity index (χ2v) is 3.96. The monoisotopic (exact) mass is 210 g/mol. The van der Waals surface area contributed by atoms with E-state index in [1.807, 2.05) is 18.2 Å². The van der Waals surface area contributed by atoms with Crippen LogP contribution in [0.1, 0.15) is 24.1 Å². The lowest BCUT2D eigenvalue weighted by molar-refractivity contribution is 0.828. The fourth-order valence-electron chi connectivity index (χ4n) is 1.90. The quantitative estimate of drug-likeness (QED) is 0.728. The van der Waals surface area contributed by atoms with Gasteiger partial charge < -0.3 is 0 Å². The summed E-state index contributed by atoms with van der Waals surface area (Å²) in [7, 11) is 0. The van der Waals surface area contributed by atoms with E-state index >= 15 is 0 Å². The van der Waals surface area contributed by atoms with Crippen molar-refractivity contribution in [2.45, 2.75) is 26.2 Å². The van der Waals surface area contributed by atoms with Crippen LogP contribution in [0, 0.1) is 18.3 Å². The van der Waals surface area contributed by atoms with E-state index in [0.29, 0.717) is 6.42 Å². The van der Waals surface area contributed by atoms with Crippen molar-refractivity contribution in [1.29, 1.82) is 5.26 Å². The summed E-state index contributed by atoms with van der Waals surface area (Å²) in [6.45, 7) is 2.11. The normalized spacial score (nSPS) is 10.2. The molecule has 80 valence electrons. The SMILES string of the molecule is Cc1cc(CCCC#N)nc2ccccc12. The molecule has 1 aromatic carbocycles.